The van der Waals surface area contributed by atoms with Gasteiger partial charge < -0.3 is 15.4 Å². The minimum Gasteiger partial charge on any atom is -0.444 e. The predicted octanol–water partition coefficient (Wildman–Crippen LogP) is 3.56. The zero-order chi connectivity index (χ0) is 15.9. The third-order valence-electron chi connectivity index (χ3n) is 2.99. The smallest absolute Gasteiger partial charge is 0.407 e. The van der Waals surface area contributed by atoms with Crippen molar-refractivity contribution >= 4 is 6.09 Å². The van der Waals surface area contributed by atoms with E-state index in [1.165, 1.54) is 0 Å². The molecule has 0 aliphatic carbocycles. The molecule has 2 N–H and O–H groups in total. The molecule has 0 aromatic rings. The van der Waals surface area contributed by atoms with Gasteiger partial charge >= 0.3 is 6.09 Å². The van der Waals surface area contributed by atoms with Crippen LogP contribution in [0.2, 0.25) is 0 Å². The molecule has 0 saturated carbocycles. The number of hydrogen-bond acceptors (Lipinski definition) is 3. The molecule has 2 unspecified atom stereocenters. The standard InChI is InChI=1S/C16H34N2O2/c1-11(2)9-13(5)18-14(12(3)4)10-17-15(19)20-16(6,7)8/h11-14,18H,9-10H2,1-8H3,(H,17,19). The lowest BCUT2D eigenvalue weighted by molar-refractivity contribution is 0.0518. The number of rotatable bonds is 7. The Hall–Kier alpha value is -0.770. The van der Waals surface area contributed by atoms with Gasteiger partial charge in [0.2, 0.25) is 0 Å². The number of hydrogen-bond donors (Lipinski definition) is 2. The van der Waals surface area contributed by atoms with Gasteiger partial charge in [-0.05, 0) is 46.0 Å². The van der Waals surface area contributed by atoms with Crippen molar-refractivity contribution in [1.29, 1.82) is 0 Å². The van der Waals surface area contributed by atoms with E-state index in [2.05, 4.69) is 45.3 Å². The normalized spacial score (nSPS) is 15.3. The van der Waals surface area contributed by atoms with Crippen LogP contribution in [0.5, 0.6) is 0 Å². The fraction of sp³-hybridized carbons (Fsp3) is 0.938. The van der Waals surface area contributed by atoms with Gasteiger partial charge in [0.05, 0.1) is 0 Å². The van der Waals surface area contributed by atoms with Crippen LogP contribution in [-0.4, -0.2) is 30.3 Å². The Bertz CT molecular complexity index is 283. The second-order valence-electron chi connectivity index (χ2n) is 7.43. The number of nitrogens with one attached hydrogen (secondary N) is 2. The molecule has 4 nitrogen and oxygen atoms in total. The molecule has 120 valence electrons. The highest BCUT2D eigenvalue weighted by Gasteiger charge is 2.20. The summed E-state index contributed by atoms with van der Waals surface area (Å²) in [5, 5.41) is 6.45. The summed E-state index contributed by atoms with van der Waals surface area (Å²) < 4.78 is 5.26. The summed E-state index contributed by atoms with van der Waals surface area (Å²) in [5.74, 6) is 1.13. The fourth-order valence-electron chi connectivity index (χ4n) is 2.14. The van der Waals surface area contributed by atoms with Crippen LogP contribution in [-0.2, 0) is 4.74 Å². The van der Waals surface area contributed by atoms with Crippen molar-refractivity contribution in [2.24, 2.45) is 11.8 Å². The summed E-state index contributed by atoms with van der Waals surface area (Å²) in [6, 6.07) is 0.708. The Balaban J connectivity index is 4.25. The van der Waals surface area contributed by atoms with E-state index in [9.17, 15) is 4.79 Å². The molecule has 0 aliphatic rings. The second-order valence-corrected chi connectivity index (χ2v) is 7.43. The van der Waals surface area contributed by atoms with E-state index >= 15 is 0 Å². The van der Waals surface area contributed by atoms with E-state index in [0.717, 1.165) is 6.42 Å². The largest absolute Gasteiger partial charge is 0.444 e. The van der Waals surface area contributed by atoms with Gasteiger partial charge in [0.1, 0.15) is 5.60 Å². The van der Waals surface area contributed by atoms with Gasteiger partial charge in [0.25, 0.3) is 0 Å². The van der Waals surface area contributed by atoms with Crippen molar-refractivity contribution in [2.75, 3.05) is 6.54 Å². The summed E-state index contributed by atoms with van der Waals surface area (Å²) in [7, 11) is 0. The Kier molecular flexibility index (Phi) is 8.17. The van der Waals surface area contributed by atoms with Crippen molar-refractivity contribution in [1.82, 2.24) is 10.6 Å². The van der Waals surface area contributed by atoms with E-state index < -0.39 is 5.60 Å². The zero-order valence-electron chi connectivity index (χ0n) is 14.5. The SMILES string of the molecule is CC(C)CC(C)NC(CNC(=O)OC(C)(C)C)C(C)C. The summed E-state index contributed by atoms with van der Waals surface area (Å²) >= 11 is 0. The van der Waals surface area contributed by atoms with Crippen LogP contribution in [0.1, 0.15) is 61.8 Å². The number of carbonyl (C=O) groups excluding carboxylic acids is 1. The Morgan fingerprint density at radius 1 is 1.10 bits per heavy atom. The molecule has 0 spiro atoms. The second kappa shape index (κ2) is 8.50. The van der Waals surface area contributed by atoms with Crippen LogP contribution >= 0.6 is 0 Å². The van der Waals surface area contributed by atoms with E-state index in [1.807, 2.05) is 20.8 Å². The maximum Gasteiger partial charge on any atom is 0.407 e. The lowest BCUT2D eigenvalue weighted by Crippen LogP contribution is -2.48. The minimum atomic E-state index is -0.449. The topological polar surface area (TPSA) is 50.4 Å². The molecule has 0 heterocycles. The van der Waals surface area contributed by atoms with Gasteiger partial charge in [-0.3, -0.25) is 0 Å². The maximum absolute atomic E-state index is 11.7. The van der Waals surface area contributed by atoms with Gasteiger partial charge in [-0.15, -0.1) is 0 Å². The maximum atomic E-state index is 11.7. The number of amides is 1. The molecule has 0 aliphatic heterocycles. The van der Waals surface area contributed by atoms with E-state index in [4.69, 9.17) is 4.74 Å². The number of ether oxygens (including phenoxy) is 1. The van der Waals surface area contributed by atoms with E-state index in [0.29, 0.717) is 24.4 Å². The van der Waals surface area contributed by atoms with E-state index in [1.54, 1.807) is 0 Å². The third-order valence-corrected chi connectivity index (χ3v) is 2.99. The lowest BCUT2D eigenvalue weighted by atomic mass is 10.00. The van der Waals surface area contributed by atoms with Gasteiger partial charge in [0, 0.05) is 18.6 Å². The van der Waals surface area contributed by atoms with Crippen LogP contribution in [0.3, 0.4) is 0 Å². The van der Waals surface area contributed by atoms with Crippen LogP contribution in [0.25, 0.3) is 0 Å². The monoisotopic (exact) mass is 286 g/mol. The Morgan fingerprint density at radius 2 is 1.65 bits per heavy atom. The molecule has 2 atom stereocenters. The van der Waals surface area contributed by atoms with Crippen molar-refractivity contribution in [3.05, 3.63) is 0 Å². The van der Waals surface area contributed by atoms with Gasteiger partial charge in [-0.1, -0.05) is 27.7 Å². The first kappa shape index (κ1) is 19.2. The average molecular weight is 286 g/mol. The van der Waals surface area contributed by atoms with Crippen molar-refractivity contribution < 1.29 is 9.53 Å². The summed E-state index contributed by atoms with van der Waals surface area (Å²) in [6.45, 7) is 17.2. The molecule has 0 aromatic heterocycles. The molecule has 1 amide bonds. The third kappa shape index (κ3) is 10.1. The minimum absolute atomic E-state index is 0.260. The van der Waals surface area contributed by atoms with Gasteiger partial charge in [-0.2, -0.15) is 0 Å². The highest BCUT2D eigenvalue weighted by atomic mass is 16.6. The van der Waals surface area contributed by atoms with Crippen molar-refractivity contribution in [3.63, 3.8) is 0 Å². The predicted molar refractivity (Wildman–Crippen MR) is 84.9 cm³/mol. The summed E-state index contributed by atoms with van der Waals surface area (Å²) in [5.41, 5.74) is -0.449. The molecule has 0 saturated heterocycles. The molecule has 20 heavy (non-hydrogen) atoms. The molecule has 0 fully saturated rings. The van der Waals surface area contributed by atoms with Crippen LogP contribution < -0.4 is 10.6 Å². The first-order valence-electron chi connectivity index (χ1n) is 7.74. The Labute approximate surface area is 125 Å². The van der Waals surface area contributed by atoms with E-state index in [-0.39, 0.29) is 12.1 Å². The average Bonchev–Trinajstić information content (AvgIpc) is 2.19. The molecule has 0 aromatic carbocycles. The number of carbonyl (C=O) groups is 1. The van der Waals surface area contributed by atoms with Gasteiger partial charge in [-0.25, -0.2) is 4.79 Å². The highest BCUT2D eigenvalue weighted by molar-refractivity contribution is 5.67. The molecule has 0 rings (SSSR count). The Morgan fingerprint density at radius 3 is 2.05 bits per heavy atom. The first-order valence-corrected chi connectivity index (χ1v) is 7.74. The van der Waals surface area contributed by atoms with Crippen molar-refractivity contribution in [3.8, 4) is 0 Å². The molecule has 0 bridgehead atoms. The number of alkyl carbamates (subject to hydrolysis) is 1. The quantitative estimate of drug-likeness (QED) is 0.752. The van der Waals surface area contributed by atoms with Crippen LogP contribution in [0.4, 0.5) is 4.79 Å². The molecular weight excluding hydrogens is 252 g/mol. The first-order chi connectivity index (χ1) is 9.01. The molecular formula is C16H34N2O2. The van der Waals surface area contributed by atoms with Crippen LogP contribution in [0.15, 0.2) is 0 Å². The lowest BCUT2D eigenvalue weighted by Gasteiger charge is -2.28. The fourth-order valence-corrected chi connectivity index (χ4v) is 2.14. The summed E-state index contributed by atoms with van der Waals surface area (Å²) in [4.78, 5) is 11.7. The zero-order valence-corrected chi connectivity index (χ0v) is 14.5. The van der Waals surface area contributed by atoms with Crippen LogP contribution in [0, 0.1) is 11.8 Å². The van der Waals surface area contributed by atoms with Crippen molar-refractivity contribution in [2.45, 2.75) is 79.5 Å². The highest BCUT2D eigenvalue weighted by Crippen LogP contribution is 2.09. The molecule has 0 radical (unpaired) electrons. The molecule has 4 heteroatoms. The van der Waals surface area contributed by atoms with Gasteiger partial charge in [0.15, 0.2) is 0 Å². The summed E-state index contributed by atoms with van der Waals surface area (Å²) in [6.07, 6.45) is 0.789.